The molecule has 3 aromatic rings. The highest BCUT2D eigenvalue weighted by atomic mass is 35.5. The highest BCUT2D eigenvalue weighted by Gasteiger charge is 2.16. The highest BCUT2D eigenvalue weighted by Crippen LogP contribution is 2.34. The molecule has 4 heteroatoms. The van der Waals surface area contributed by atoms with E-state index < -0.39 is 0 Å². The smallest absolute Gasteiger partial charge is 0.0705 e. The fourth-order valence-corrected chi connectivity index (χ4v) is 3.43. The first-order valence-corrected chi connectivity index (χ1v) is 7.26. The van der Waals surface area contributed by atoms with Crippen LogP contribution in [-0.2, 0) is 0 Å². The molecular formula is C15H13ClN2S. The molecule has 2 nitrogen and oxygen atoms in total. The summed E-state index contributed by atoms with van der Waals surface area (Å²) in [5.74, 6) is 0. The van der Waals surface area contributed by atoms with E-state index in [4.69, 9.17) is 17.3 Å². The van der Waals surface area contributed by atoms with Crippen LogP contribution >= 0.6 is 22.9 Å². The van der Waals surface area contributed by atoms with E-state index in [9.17, 15) is 0 Å². The van der Waals surface area contributed by atoms with E-state index in [0.717, 1.165) is 31.9 Å². The van der Waals surface area contributed by atoms with Crippen molar-refractivity contribution in [1.29, 1.82) is 0 Å². The Balaban J connectivity index is 2.06. The molecule has 3 rings (SSSR count). The van der Waals surface area contributed by atoms with Gasteiger partial charge in [-0.3, -0.25) is 4.98 Å². The topological polar surface area (TPSA) is 38.9 Å². The quantitative estimate of drug-likeness (QED) is 0.763. The summed E-state index contributed by atoms with van der Waals surface area (Å²) in [7, 11) is 0. The maximum atomic E-state index is 6.32. The molecule has 0 aliphatic rings. The fourth-order valence-electron chi connectivity index (χ4n) is 2.09. The zero-order valence-electron chi connectivity index (χ0n) is 10.4. The second kappa shape index (κ2) is 4.93. The SMILES string of the molecule is Cc1csc(C(N)c2ccc3cccnc3c2)c1Cl. The minimum absolute atomic E-state index is 0.197. The van der Waals surface area contributed by atoms with Crippen molar-refractivity contribution in [3.8, 4) is 0 Å². The number of hydrogen-bond acceptors (Lipinski definition) is 3. The van der Waals surface area contributed by atoms with Crippen LogP contribution in [0.15, 0.2) is 41.9 Å². The van der Waals surface area contributed by atoms with Crippen LogP contribution in [0.1, 0.15) is 22.0 Å². The second-order valence-electron chi connectivity index (χ2n) is 4.53. The van der Waals surface area contributed by atoms with Crippen LogP contribution in [0.4, 0.5) is 0 Å². The van der Waals surface area contributed by atoms with Crippen molar-refractivity contribution in [3.05, 3.63) is 62.9 Å². The Morgan fingerprint density at radius 3 is 2.89 bits per heavy atom. The van der Waals surface area contributed by atoms with Gasteiger partial charge in [0.2, 0.25) is 0 Å². The Morgan fingerprint density at radius 1 is 1.32 bits per heavy atom. The van der Waals surface area contributed by atoms with Crippen molar-refractivity contribution in [2.45, 2.75) is 13.0 Å². The lowest BCUT2D eigenvalue weighted by atomic mass is 10.0. The van der Waals surface area contributed by atoms with Crippen LogP contribution in [-0.4, -0.2) is 4.98 Å². The Morgan fingerprint density at radius 2 is 2.16 bits per heavy atom. The second-order valence-corrected chi connectivity index (χ2v) is 5.82. The molecule has 1 atom stereocenters. The van der Waals surface area contributed by atoms with E-state index >= 15 is 0 Å². The average molecular weight is 289 g/mol. The maximum absolute atomic E-state index is 6.32. The van der Waals surface area contributed by atoms with Gasteiger partial charge in [0.25, 0.3) is 0 Å². The first-order chi connectivity index (χ1) is 9.16. The number of halogens is 1. The Kier molecular flexibility index (Phi) is 3.27. The normalized spacial score (nSPS) is 12.8. The number of aryl methyl sites for hydroxylation is 1. The third-order valence-electron chi connectivity index (χ3n) is 3.20. The zero-order chi connectivity index (χ0) is 13.4. The van der Waals surface area contributed by atoms with E-state index in [2.05, 4.69) is 4.98 Å². The van der Waals surface area contributed by atoms with E-state index in [-0.39, 0.29) is 6.04 Å². The van der Waals surface area contributed by atoms with Gasteiger partial charge in [-0.05, 0) is 35.6 Å². The maximum Gasteiger partial charge on any atom is 0.0705 e. The third-order valence-corrected chi connectivity index (χ3v) is 4.99. The predicted octanol–water partition coefficient (Wildman–Crippen LogP) is 4.31. The molecule has 1 unspecified atom stereocenters. The molecule has 19 heavy (non-hydrogen) atoms. The Hall–Kier alpha value is -1.42. The standard InChI is InChI=1S/C15H13ClN2S/c1-9-8-19-15(13(9)16)14(17)11-5-4-10-3-2-6-18-12(10)7-11/h2-8,14H,17H2,1H3. The summed E-state index contributed by atoms with van der Waals surface area (Å²) in [6.45, 7) is 2.00. The van der Waals surface area contributed by atoms with Gasteiger partial charge in [-0.25, -0.2) is 0 Å². The molecule has 0 saturated heterocycles. The van der Waals surface area contributed by atoms with Crippen molar-refractivity contribution in [1.82, 2.24) is 4.98 Å². The predicted molar refractivity (Wildman–Crippen MR) is 81.8 cm³/mol. The highest BCUT2D eigenvalue weighted by molar-refractivity contribution is 7.10. The molecule has 0 bridgehead atoms. The summed E-state index contributed by atoms with van der Waals surface area (Å²) >= 11 is 7.89. The Labute approximate surface area is 120 Å². The average Bonchev–Trinajstić information content (AvgIpc) is 2.78. The van der Waals surface area contributed by atoms with Crippen LogP contribution < -0.4 is 5.73 Å². The molecule has 96 valence electrons. The van der Waals surface area contributed by atoms with Gasteiger partial charge in [-0.2, -0.15) is 0 Å². The molecule has 0 amide bonds. The fraction of sp³-hybridized carbons (Fsp3) is 0.133. The summed E-state index contributed by atoms with van der Waals surface area (Å²) in [6.07, 6.45) is 1.79. The molecule has 2 heterocycles. The molecule has 0 saturated carbocycles. The van der Waals surface area contributed by atoms with E-state index in [0.29, 0.717) is 0 Å². The van der Waals surface area contributed by atoms with Gasteiger partial charge < -0.3 is 5.73 Å². The molecule has 0 aliphatic carbocycles. The molecule has 0 aliphatic heterocycles. The summed E-state index contributed by atoms with van der Waals surface area (Å²) in [4.78, 5) is 5.37. The van der Waals surface area contributed by atoms with Crippen molar-refractivity contribution in [2.24, 2.45) is 5.73 Å². The van der Waals surface area contributed by atoms with Crippen molar-refractivity contribution >= 4 is 33.8 Å². The summed E-state index contributed by atoms with van der Waals surface area (Å²) in [5.41, 5.74) is 9.39. The van der Waals surface area contributed by atoms with Gasteiger partial charge >= 0.3 is 0 Å². The Bertz CT molecular complexity index is 736. The molecule has 2 aromatic heterocycles. The first-order valence-electron chi connectivity index (χ1n) is 6.00. The van der Waals surface area contributed by atoms with Crippen LogP contribution in [0, 0.1) is 6.92 Å². The van der Waals surface area contributed by atoms with E-state index in [1.807, 2.05) is 42.6 Å². The summed E-state index contributed by atoms with van der Waals surface area (Å²) < 4.78 is 0. The van der Waals surface area contributed by atoms with Gasteiger partial charge in [0, 0.05) is 16.5 Å². The lowest BCUT2D eigenvalue weighted by Crippen LogP contribution is -2.10. The van der Waals surface area contributed by atoms with E-state index in [1.165, 1.54) is 0 Å². The third kappa shape index (κ3) is 2.25. The van der Waals surface area contributed by atoms with Crippen molar-refractivity contribution in [2.75, 3.05) is 0 Å². The first kappa shape index (κ1) is 12.6. The molecule has 0 radical (unpaired) electrons. The van der Waals surface area contributed by atoms with Crippen LogP contribution in [0.3, 0.4) is 0 Å². The monoisotopic (exact) mass is 288 g/mol. The minimum Gasteiger partial charge on any atom is -0.320 e. The number of hydrogen-bond donors (Lipinski definition) is 1. The number of benzene rings is 1. The van der Waals surface area contributed by atoms with Gasteiger partial charge in [-0.15, -0.1) is 11.3 Å². The molecule has 1 aromatic carbocycles. The largest absolute Gasteiger partial charge is 0.320 e. The van der Waals surface area contributed by atoms with Gasteiger partial charge in [0.05, 0.1) is 16.6 Å². The number of pyridine rings is 1. The van der Waals surface area contributed by atoms with Crippen molar-refractivity contribution in [3.63, 3.8) is 0 Å². The number of nitrogens with two attached hydrogens (primary N) is 1. The van der Waals surface area contributed by atoms with Crippen molar-refractivity contribution < 1.29 is 0 Å². The number of aromatic nitrogens is 1. The number of rotatable bonds is 2. The van der Waals surface area contributed by atoms with E-state index in [1.54, 1.807) is 17.5 Å². The summed E-state index contributed by atoms with van der Waals surface area (Å²) in [6, 6.07) is 9.90. The van der Waals surface area contributed by atoms with Gasteiger partial charge in [0.15, 0.2) is 0 Å². The number of fused-ring (bicyclic) bond motifs is 1. The lowest BCUT2D eigenvalue weighted by Gasteiger charge is -2.12. The molecule has 2 N–H and O–H groups in total. The van der Waals surface area contributed by atoms with Crippen LogP contribution in [0.25, 0.3) is 10.9 Å². The minimum atomic E-state index is -0.197. The zero-order valence-corrected chi connectivity index (χ0v) is 12.0. The van der Waals surface area contributed by atoms with Gasteiger partial charge in [-0.1, -0.05) is 29.8 Å². The summed E-state index contributed by atoms with van der Waals surface area (Å²) in [5, 5.41) is 3.93. The van der Waals surface area contributed by atoms with Crippen LogP contribution in [0.5, 0.6) is 0 Å². The molecular weight excluding hydrogens is 276 g/mol. The molecule has 0 fully saturated rings. The molecule has 0 spiro atoms. The lowest BCUT2D eigenvalue weighted by molar-refractivity contribution is 0.894. The van der Waals surface area contributed by atoms with Gasteiger partial charge in [0.1, 0.15) is 0 Å². The number of thiophene rings is 1. The number of nitrogens with zero attached hydrogens (tertiary/aromatic N) is 1. The van der Waals surface area contributed by atoms with Crippen LogP contribution in [0.2, 0.25) is 5.02 Å².